The van der Waals surface area contributed by atoms with E-state index in [1.165, 1.54) is 6.07 Å². The number of nitrogens with zero attached hydrogens (tertiary/aromatic N) is 1. The maximum absolute atomic E-state index is 12.7. The molecule has 0 aliphatic carbocycles. The fraction of sp³-hybridized carbons (Fsp3) is 0.400. The SMILES string of the molecule is CC(C)(C=O)Cc1cncc(F)c1. The van der Waals surface area contributed by atoms with E-state index in [2.05, 4.69) is 4.98 Å². The van der Waals surface area contributed by atoms with Crippen molar-refractivity contribution in [1.82, 2.24) is 4.98 Å². The van der Waals surface area contributed by atoms with E-state index in [0.29, 0.717) is 6.42 Å². The van der Waals surface area contributed by atoms with Crippen molar-refractivity contribution in [2.45, 2.75) is 20.3 Å². The minimum absolute atomic E-state index is 0.362. The zero-order chi connectivity index (χ0) is 9.90. The van der Waals surface area contributed by atoms with Crippen LogP contribution in [0.3, 0.4) is 0 Å². The molecular formula is C10H12FNO. The molecule has 0 aromatic carbocycles. The fourth-order valence-corrected chi connectivity index (χ4v) is 1.12. The van der Waals surface area contributed by atoms with E-state index >= 15 is 0 Å². The molecule has 0 N–H and O–H groups in total. The lowest BCUT2D eigenvalue weighted by Crippen LogP contribution is -2.16. The maximum atomic E-state index is 12.7. The summed E-state index contributed by atoms with van der Waals surface area (Å²) in [4.78, 5) is 14.3. The number of carbonyl (C=O) groups is 1. The van der Waals surface area contributed by atoms with Crippen LogP contribution in [0, 0.1) is 11.2 Å². The lowest BCUT2D eigenvalue weighted by atomic mass is 9.88. The van der Waals surface area contributed by atoms with Crippen molar-refractivity contribution in [1.29, 1.82) is 0 Å². The van der Waals surface area contributed by atoms with Crippen molar-refractivity contribution in [3.63, 3.8) is 0 Å². The van der Waals surface area contributed by atoms with Gasteiger partial charge in [0.2, 0.25) is 0 Å². The first kappa shape index (κ1) is 9.84. The Morgan fingerprint density at radius 2 is 2.23 bits per heavy atom. The molecule has 1 aromatic heterocycles. The van der Waals surface area contributed by atoms with Gasteiger partial charge in [0, 0.05) is 11.6 Å². The largest absolute Gasteiger partial charge is 0.303 e. The predicted octanol–water partition coefficient (Wildman–Crippen LogP) is 1.99. The monoisotopic (exact) mass is 181 g/mol. The molecule has 0 aliphatic heterocycles. The Morgan fingerprint density at radius 3 is 2.77 bits per heavy atom. The Kier molecular flexibility index (Phi) is 2.76. The van der Waals surface area contributed by atoms with E-state index in [9.17, 15) is 9.18 Å². The van der Waals surface area contributed by atoms with E-state index < -0.39 is 5.41 Å². The first-order chi connectivity index (χ1) is 6.03. The van der Waals surface area contributed by atoms with Crippen molar-refractivity contribution in [3.05, 3.63) is 29.8 Å². The number of halogens is 1. The lowest BCUT2D eigenvalue weighted by Gasteiger charge is -2.15. The third-order valence-corrected chi connectivity index (χ3v) is 1.74. The molecule has 0 unspecified atom stereocenters. The van der Waals surface area contributed by atoms with E-state index in [1.54, 1.807) is 6.20 Å². The predicted molar refractivity (Wildman–Crippen MR) is 47.7 cm³/mol. The molecule has 0 amide bonds. The van der Waals surface area contributed by atoms with Crippen molar-refractivity contribution >= 4 is 6.29 Å². The van der Waals surface area contributed by atoms with Crippen LogP contribution < -0.4 is 0 Å². The molecule has 0 fully saturated rings. The molecule has 0 aliphatic rings. The Labute approximate surface area is 76.8 Å². The van der Waals surface area contributed by atoms with Gasteiger partial charge in [-0.1, -0.05) is 13.8 Å². The summed E-state index contributed by atoms with van der Waals surface area (Å²) in [5, 5.41) is 0. The lowest BCUT2D eigenvalue weighted by molar-refractivity contribution is -0.114. The fourth-order valence-electron chi connectivity index (χ4n) is 1.12. The standard InChI is InChI=1S/C10H12FNO/c1-10(2,7-13)4-8-3-9(11)6-12-5-8/h3,5-7H,4H2,1-2H3. The molecule has 0 radical (unpaired) electrons. The van der Waals surface area contributed by atoms with Gasteiger partial charge in [-0.05, 0) is 18.1 Å². The molecule has 1 aromatic rings. The normalized spacial score (nSPS) is 11.3. The highest BCUT2D eigenvalue weighted by Gasteiger charge is 2.17. The molecule has 0 saturated heterocycles. The Morgan fingerprint density at radius 1 is 1.54 bits per heavy atom. The Hall–Kier alpha value is -1.25. The highest BCUT2D eigenvalue weighted by Crippen LogP contribution is 2.18. The Balaban J connectivity index is 2.80. The van der Waals surface area contributed by atoms with Gasteiger partial charge >= 0.3 is 0 Å². The van der Waals surface area contributed by atoms with Gasteiger partial charge in [0.15, 0.2) is 0 Å². The van der Waals surface area contributed by atoms with Crippen LogP contribution in [0.2, 0.25) is 0 Å². The first-order valence-corrected chi connectivity index (χ1v) is 4.09. The zero-order valence-electron chi connectivity index (χ0n) is 7.75. The Bertz CT molecular complexity index is 310. The number of aldehydes is 1. The second kappa shape index (κ2) is 3.64. The van der Waals surface area contributed by atoms with Crippen molar-refractivity contribution in [2.75, 3.05) is 0 Å². The van der Waals surface area contributed by atoms with Crippen LogP contribution in [0.25, 0.3) is 0 Å². The maximum Gasteiger partial charge on any atom is 0.141 e. The van der Waals surface area contributed by atoms with Crippen LogP contribution >= 0.6 is 0 Å². The number of aromatic nitrogens is 1. The van der Waals surface area contributed by atoms with Crippen LogP contribution in [0.1, 0.15) is 19.4 Å². The molecule has 0 atom stereocenters. The van der Waals surface area contributed by atoms with Gasteiger partial charge in [-0.3, -0.25) is 4.98 Å². The average Bonchev–Trinajstić information content (AvgIpc) is 2.03. The summed E-state index contributed by atoms with van der Waals surface area (Å²) in [6.07, 6.45) is 4.12. The molecule has 1 rings (SSSR count). The molecule has 0 bridgehead atoms. The third kappa shape index (κ3) is 2.93. The van der Waals surface area contributed by atoms with Crippen molar-refractivity contribution in [3.8, 4) is 0 Å². The number of pyridine rings is 1. The number of hydrogen-bond donors (Lipinski definition) is 0. The highest BCUT2D eigenvalue weighted by atomic mass is 19.1. The van der Waals surface area contributed by atoms with Crippen molar-refractivity contribution < 1.29 is 9.18 Å². The minimum atomic E-state index is -0.449. The summed E-state index contributed by atoms with van der Waals surface area (Å²) in [6, 6.07) is 1.40. The summed E-state index contributed by atoms with van der Waals surface area (Å²) < 4.78 is 12.7. The van der Waals surface area contributed by atoms with Gasteiger partial charge in [0.05, 0.1) is 6.20 Å². The summed E-state index contributed by atoms with van der Waals surface area (Å²) in [5.74, 6) is -0.362. The summed E-state index contributed by atoms with van der Waals surface area (Å²) in [7, 11) is 0. The molecule has 0 spiro atoms. The molecule has 2 nitrogen and oxygen atoms in total. The van der Waals surface area contributed by atoms with Crippen molar-refractivity contribution in [2.24, 2.45) is 5.41 Å². The van der Waals surface area contributed by atoms with Gasteiger partial charge in [0.1, 0.15) is 12.1 Å². The summed E-state index contributed by atoms with van der Waals surface area (Å²) >= 11 is 0. The van der Waals surface area contributed by atoms with Gasteiger partial charge in [-0.25, -0.2) is 4.39 Å². The number of rotatable bonds is 3. The number of carbonyl (C=O) groups excluding carboxylic acids is 1. The van der Waals surface area contributed by atoms with Gasteiger partial charge in [-0.15, -0.1) is 0 Å². The van der Waals surface area contributed by atoms with Gasteiger partial charge in [0.25, 0.3) is 0 Å². The minimum Gasteiger partial charge on any atom is -0.303 e. The quantitative estimate of drug-likeness (QED) is 0.667. The van der Waals surface area contributed by atoms with Crippen LogP contribution in [-0.4, -0.2) is 11.3 Å². The van der Waals surface area contributed by atoms with Crippen LogP contribution in [-0.2, 0) is 11.2 Å². The highest BCUT2D eigenvalue weighted by molar-refractivity contribution is 5.58. The topological polar surface area (TPSA) is 30.0 Å². The zero-order valence-corrected chi connectivity index (χ0v) is 7.75. The average molecular weight is 181 g/mol. The van der Waals surface area contributed by atoms with Gasteiger partial charge < -0.3 is 4.79 Å². The molecule has 0 saturated carbocycles. The first-order valence-electron chi connectivity index (χ1n) is 4.09. The number of hydrogen-bond acceptors (Lipinski definition) is 2. The molecule has 3 heteroatoms. The van der Waals surface area contributed by atoms with Crippen LogP contribution in [0.5, 0.6) is 0 Å². The summed E-state index contributed by atoms with van der Waals surface area (Å²) in [5.41, 5.74) is 0.298. The van der Waals surface area contributed by atoms with E-state index in [1.807, 2.05) is 13.8 Å². The molecular weight excluding hydrogens is 169 g/mol. The second-order valence-corrected chi connectivity index (χ2v) is 3.79. The molecule has 13 heavy (non-hydrogen) atoms. The van der Waals surface area contributed by atoms with E-state index in [0.717, 1.165) is 18.0 Å². The third-order valence-electron chi connectivity index (χ3n) is 1.74. The van der Waals surface area contributed by atoms with Crippen LogP contribution in [0.15, 0.2) is 18.5 Å². The van der Waals surface area contributed by atoms with Gasteiger partial charge in [-0.2, -0.15) is 0 Å². The molecule has 70 valence electrons. The van der Waals surface area contributed by atoms with E-state index in [-0.39, 0.29) is 5.82 Å². The second-order valence-electron chi connectivity index (χ2n) is 3.79. The van der Waals surface area contributed by atoms with E-state index in [4.69, 9.17) is 0 Å². The smallest absolute Gasteiger partial charge is 0.141 e. The van der Waals surface area contributed by atoms with Crippen LogP contribution in [0.4, 0.5) is 4.39 Å². The summed E-state index contributed by atoms with van der Waals surface area (Å²) in [6.45, 7) is 3.62. The molecule has 1 heterocycles.